The average Bonchev–Trinajstić information content (AvgIpc) is 2.95. The van der Waals surface area contributed by atoms with Crippen molar-refractivity contribution in [2.75, 3.05) is 28.2 Å². The molecular formula is C15H21N5O. The highest BCUT2D eigenvalue weighted by Gasteiger charge is 2.15. The number of benzene rings is 1. The van der Waals surface area contributed by atoms with E-state index in [1.165, 1.54) is 10.5 Å². The number of H-pyrrole nitrogens is 1. The second-order valence-electron chi connectivity index (χ2n) is 5.47. The van der Waals surface area contributed by atoms with Crippen LogP contribution in [0, 0.1) is 0 Å². The quantitative estimate of drug-likeness (QED) is 0.931. The number of carbonyl (C=O) groups excluding carboxylic acids is 1. The number of hydrogen-bond acceptors (Lipinski definition) is 4. The van der Waals surface area contributed by atoms with Crippen molar-refractivity contribution in [2.45, 2.75) is 13.0 Å². The first kappa shape index (κ1) is 15.2. The van der Waals surface area contributed by atoms with Crippen molar-refractivity contribution < 1.29 is 4.79 Å². The number of rotatable bonds is 4. The highest BCUT2D eigenvalue weighted by atomic mass is 16.2. The average molecular weight is 287 g/mol. The smallest absolute Gasteiger partial charge is 0.290 e. The first-order valence-electron chi connectivity index (χ1n) is 6.81. The summed E-state index contributed by atoms with van der Waals surface area (Å²) in [6, 6.07) is 8.41. The van der Waals surface area contributed by atoms with Gasteiger partial charge in [0.15, 0.2) is 5.82 Å². The SMILES string of the molecule is C[C@@H](c1ccc(-c2n[nH]c(C(=O)N(C)C)n2)cc1)N(C)C. The molecule has 2 aromatic rings. The van der Waals surface area contributed by atoms with Crippen LogP contribution >= 0.6 is 0 Å². The zero-order chi connectivity index (χ0) is 15.6. The normalized spacial score (nSPS) is 12.5. The Hall–Kier alpha value is -2.21. The van der Waals surface area contributed by atoms with E-state index in [1.54, 1.807) is 14.1 Å². The maximum absolute atomic E-state index is 11.8. The summed E-state index contributed by atoms with van der Waals surface area (Å²) in [7, 11) is 7.46. The summed E-state index contributed by atoms with van der Waals surface area (Å²) in [6.07, 6.45) is 0. The Morgan fingerprint density at radius 1 is 1.14 bits per heavy atom. The second-order valence-corrected chi connectivity index (χ2v) is 5.47. The molecule has 0 unspecified atom stereocenters. The first-order chi connectivity index (χ1) is 9.90. The lowest BCUT2D eigenvalue weighted by atomic mass is 10.1. The van der Waals surface area contributed by atoms with Crippen molar-refractivity contribution >= 4 is 5.91 Å². The van der Waals surface area contributed by atoms with E-state index in [4.69, 9.17) is 0 Å². The van der Waals surface area contributed by atoms with E-state index in [2.05, 4.69) is 39.1 Å². The van der Waals surface area contributed by atoms with Gasteiger partial charge in [0.25, 0.3) is 5.91 Å². The Balaban J connectivity index is 2.22. The number of carbonyl (C=O) groups is 1. The minimum atomic E-state index is -0.188. The fourth-order valence-corrected chi connectivity index (χ4v) is 1.91. The van der Waals surface area contributed by atoms with E-state index in [1.807, 2.05) is 26.2 Å². The molecule has 1 heterocycles. The second kappa shape index (κ2) is 6.05. The predicted molar refractivity (Wildman–Crippen MR) is 81.9 cm³/mol. The third-order valence-corrected chi connectivity index (χ3v) is 3.52. The van der Waals surface area contributed by atoms with Gasteiger partial charge in [-0.05, 0) is 26.6 Å². The molecule has 0 radical (unpaired) electrons. The number of aromatic amines is 1. The van der Waals surface area contributed by atoms with Crippen LogP contribution in [-0.4, -0.2) is 59.1 Å². The molecule has 6 heteroatoms. The molecule has 0 fully saturated rings. The predicted octanol–water partition coefficient (Wildman–Crippen LogP) is 1.80. The third-order valence-electron chi connectivity index (χ3n) is 3.52. The Morgan fingerprint density at radius 2 is 1.76 bits per heavy atom. The molecule has 21 heavy (non-hydrogen) atoms. The summed E-state index contributed by atoms with van der Waals surface area (Å²) < 4.78 is 0. The van der Waals surface area contributed by atoms with Crippen molar-refractivity contribution in [1.82, 2.24) is 25.0 Å². The van der Waals surface area contributed by atoms with Crippen LogP contribution in [0.25, 0.3) is 11.4 Å². The van der Waals surface area contributed by atoms with Gasteiger partial charge in [-0.15, -0.1) is 0 Å². The molecule has 0 aliphatic carbocycles. The van der Waals surface area contributed by atoms with E-state index >= 15 is 0 Å². The molecule has 1 N–H and O–H groups in total. The molecule has 112 valence electrons. The van der Waals surface area contributed by atoms with Crippen LogP contribution in [0.4, 0.5) is 0 Å². The van der Waals surface area contributed by atoms with Gasteiger partial charge in [0.1, 0.15) is 0 Å². The molecule has 1 aromatic heterocycles. The molecule has 0 spiro atoms. The van der Waals surface area contributed by atoms with Gasteiger partial charge in [-0.1, -0.05) is 24.3 Å². The molecule has 1 amide bonds. The van der Waals surface area contributed by atoms with E-state index in [0.717, 1.165) is 5.56 Å². The molecule has 0 bridgehead atoms. The molecule has 2 rings (SSSR count). The lowest BCUT2D eigenvalue weighted by molar-refractivity contribution is 0.0816. The summed E-state index contributed by atoms with van der Waals surface area (Å²) in [5.41, 5.74) is 2.11. The van der Waals surface area contributed by atoms with Gasteiger partial charge in [-0.3, -0.25) is 9.89 Å². The Labute approximate surface area is 124 Å². The summed E-state index contributed by atoms with van der Waals surface area (Å²) in [6.45, 7) is 2.15. The van der Waals surface area contributed by atoms with E-state index in [-0.39, 0.29) is 11.7 Å². The Morgan fingerprint density at radius 3 is 2.29 bits per heavy atom. The molecule has 1 atom stereocenters. The fourth-order valence-electron chi connectivity index (χ4n) is 1.91. The molecule has 0 aliphatic heterocycles. The largest absolute Gasteiger partial charge is 0.342 e. The zero-order valence-electron chi connectivity index (χ0n) is 13.1. The Bertz CT molecular complexity index is 615. The monoisotopic (exact) mass is 287 g/mol. The van der Waals surface area contributed by atoms with Crippen molar-refractivity contribution in [3.8, 4) is 11.4 Å². The van der Waals surface area contributed by atoms with Gasteiger partial charge in [-0.25, -0.2) is 4.98 Å². The van der Waals surface area contributed by atoms with Gasteiger partial charge in [-0.2, -0.15) is 5.10 Å². The highest BCUT2D eigenvalue weighted by Crippen LogP contribution is 2.21. The number of nitrogens with one attached hydrogen (secondary N) is 1. The Kier molecular flexibility index (Phi) is 4.37. The van der Waals surface area contributed by atoms with Crippen LogP contribution in [0.1, 0.15) is 29.1 Å². The number of hydrogen-bond donors (Lipinski definition) is 1. The van der Waals surface area contributed by atoms with Crippen molar-refractivity contribution in [3.05, 3.63) is 35.7 Å². The number of amides is 1. The van der Waals surface area contributed by atoms with Gasteiger partial charge in [0, 0.05) is 25.7 Å². The van der Waals surface area contributed by atoms with Crippen LogP contribution in [-0.2, 0) is 0 Å². The van der Waals surface area contributed by atoms with Crippen LogP contribution in [0.3, 0.4) is 0 Å². The summed E-state index contributed by atoms with van der Waals surface area (Å²) in [4.78, 5) is 19.7. The molecule has 0 saturated carbocycles. The first-order valence-corrected chi connectivity index (χ1v) is 6.81. The standard InChI is InChI=1S/C15H21N5O/c1-10(19(2)3)11-6-8-12(9-7-11)13-16-14(18-17-13)15(21)20(4)5/h6-10H,1-5H3,(H,16,17,18)/t10-/m0/s1. The van der Waals surface area contributed by atoms with Crippen molar-refractivity contribution in [2.24, 2.45) is 0 Å². The van der Waals surface area contributed by atoms with Crippen LogP contribution in [0.2, 0.25) is 0 Å². The fraction of sp³-hybridized carbons (Fsp3) is 0.400. The lowest BCUT2D eigenvalue weighted by Gasteiger charge is -2.20. The summed E-state index contributed by atoms with van der Waals surface area (Å²) in [5.74, 6) is 0.594. The molecular weight excluding hydrogens is 266 g/mol. The van der Waals surface area contributed by atoms with Gasteiger partial charge in [0.2, 0.25) is 5.82 Å². The third kappa shape index (κ3) is 3.28. The van der Waals surface area contributed by atoms with Crippen LogP contribution in [0.5, 0.6) is 0 Å². The summed E-state index contributed by atoms with van der Waals surface area (Å²) in [5, 5.41) is 6.79. The maximum Gasteiger partial charge on any atom is 0.290 e. The van der Waals surface area contributed by atoms with Crippen molar-refractivity contribution in [3.63, 3.8) is 0 Å². The molecule has 6 nitrogen and oxygen atoms in total. The van der Waals surface area contributed by atoms with E-state index in [9.17, 15) is 4.79 Å². The van der Waals surface area contributed by atoms with Crippen LogP contribution < -0.4 is 0 Å². The highest BCUT2D eigenvalue weighted by molar-refractivity contribution is 5.90. The van der Waals surface area contributed by atoms with E-state index in [0.29, 0.717) is 11.9 Å². The topological polar surface area (TPSA) is 65.1 Å². The van der Waals surface area contributed by atoms with Crippen LogP contribution in [0.15, 0.2) is 24.3 Å². The van der Waals surface area contributed by atoms with Gasteiger partial charge >= 0.3 is 0 Å². The maximum atomic E-state index is 11.8. The molecule has 0 saturated heterocycles. The minimum absolute atomic E-state index is 0.188. The van der Waals surface area contributed by atoms with Gasteiger partial charge in [0.05, 0.1) is 0 Å². The number of nitrogens with zero attached hydrogens (tertiary/aromatic N) is 4. The van der Waals surface area contributed by atoms with Gasteiger partial charge < -0.3 is 9.80 Å². The van der Waals surface area contributed by atoms with Crippen molar-refractivity contribution in [1.29, 1.82) is 0 Å². The minimum Gasteiger partial charge on any atom is -0.342 e. The zero-order valence-corrected chi connectivity index (χ0v) is 13.1. The van der Waals surface area contributed by atoms with E-state index < -0.39 is 0 Å². The molecule has 0 aliphatic rings. The summed E-state index contributed by atoms with van der Waals surface area (Å²) >= 11 is 0. The molecule has 1 aromatic carbocycles. The lowest BCUT2D eigenvalue weighted by Crippen LogP contribution is -2.22. The number of aromatic nitrogens is 3.